The lowest BCUT2D eigenvalue weighted by atomic mass is 9.91. The summed E-state index contributed by atoms with van der Waals surface area (Å²) in [6, 6.07) is 6.39. The molecule has 172 valence electrons. The summed E-state index contributed by atoms with van der Waals surface area (Å²) in [4.78, 5) is 40.2. The lowest BCUT2D eigenvalue weighted by molar-refractivity contribution is -0.149. The number of hydrogen-bond donors (Lipinski definition) is 0. The molecular weight excluding hydrogens is 432 g/mol. The molecule has 8 nitrogen and oxygen atoms in total. The lowest BCUT2D eigenvalue weighted by Gasteiger charge is -2.36. The molecule has 1 aliphatic carbocycles. The number of benzene rings is 1. The highest BCUT2D eigenvalue weighted by Crippen LogP contribution is 2.35. The zero-order valence-electron chi connectivity index (χ0n) is 18.2. The van der Waals surface area contributed by atoms with Gasteiger partial charge in [-0.2, -0.15) is 4.31 Å². The zero-order chi connectivity index (χ0) is 22.9. The molecule has 2 fully saturated rings. The van der Waals surface area contributed by atoms with Crippen LogP contribution in [0.15, 0.2) is 34.9 Å². The summed E-state index contributed by atoms with van der Waals surface area (Å²) in [5.74, 6) is -1.73. The SMILES string of the molecule is CCOC(=O)C1CCN(S(=O)(=O)C2=C(N3CCCCC3)C(=O)c3ccccc3C2=O)CC1. The van der Waals surface area contributed by atoms with Gasteiger partial charge in [-0.3, -0.25) is 14.4 Å². The Labute approximate surface area is 188 Å². The molecular formula is C23H28N2O6S. The number of rotatable bonds is 5. The van der Waals surface area contributed by atoms with Crippen molar-refractivity contribution in [2.45, 2.75) is 39.0 Å². The van der Waals surface area contributed by atoms with Gasteiger partial charge in [-0.05, 0) is 39.0 Å². The monoisotopic (exact) mass is 460 g/mol. The van der Waals surface area contributed by atoms with Gasteiger partial charge in [0.2, 0.25) is 21.6 Å². The Hall–Kier alpha value is -2.52. The Morgan fingerprint density at radius 3 is 2.16 bits per heavy atom. The Balaban J connectivity index is 1.71. The third-order valence-electron chi connectivity index (χ3n) is 6.40. The molecule has 0 bridgehead atoms. The second kappa shape index (κ2) is 9.15. The van der Waals surface area contributed by atoms with Crippen LogP contribution >= 0.6 is 0 Å². The molecule has 0 atom stereocenters. The number of likely N-dealkylation sites (tertiary alicyclic amines) is 1. The molecule has 2 saturated heterocycles. The van der Waals surface area contributed by atoms with E-state index in [1.54, 1.807) is 30.0 Å². The first kappa shape index (κ1) is 22.7. The summed E-state index contributed by atoms with van der Waals surface area (Å²) in [5, 5.41) is 0. The third-order valence-corrected chi connectivity index (χ3v) is 8.34. The fourth-order valence-corrected chi connectivity index (χ4v) is 6.46. The van der Waals surface area contributed by atoms with E-state index in [2.05, 4.69) is 0 Å². The highest BCUT2D eigenvalue weighted by Gasteiger charge is 2.44. The summed E-state index contributed by atoms with van der Waals surface area (Å²) in [7, 11) is -4.22. The molecule has 1 aromatic rings. The molecule has 32 heavy (non-hydrogen) atoms. The summed E-state index contributed by atoms with van der Waals surface area (Å²) < 4.78 is 33.7. The van der Waals surface area contributed by atoms with Crippen LogP contribution in [-0.2, 0) is 19.6 Å². The van der Waals surface area contributed by atoms with E-state index in [-0.39, 0.29) is 48.4 Å². The number of fused-ring (bicyclic) bond motifs is 1. The van der Waals surface area contributed by atoms with E-state index >= 15 is 0 Å². The van der Waals surface area contributed by atoms with E-state index in [1.807, 2.05) is 0 Å². The molecule has 0 unspecified atom stereocenters. The van der Waals surface area contributed by atoms with Gasteiger partial charge in [0.15, 0.2) is 4.91 Å². The average Bonchev–Trinajstić information content (AvgIpc) is 2.82. The van der Waals surface area contributed by atoms with Crippen molar-refractivity contribution in [1.29, 1.82) is 0 Å². The minimum absolute atomic E-state index is 0.000848. The molecule has 1 aromatic carbocycles. The van der Waals surface area contributed by atoms with Gasteiger partial charge >= 0.3 is 5.97 Å². The summed E-state index contributed by atoms with van der Waals surface area (Å²) in [6.07, 6.45) is 3.33. The van der Waals surface area contributed by atoms with Gasteiger partial charge in [-0.15, -0.1) is 0 Å². The fraction of sp³-hybridized carbons (Fsp3) is 0.522. The smallest absolute Gasteiger partial charge is 0.309 e. The van der Waals surface area contributed by atoms with Gasteiger partial charge in [-0.25, -0.2) is 8.42 Å². The number of sulfonamides is 1. The summed E-state index contributed by atoms with van der Waals surface area (Å²) >= 11 is 0. The number of esters is 1. The van der Waals surface area contributed by atoms with E-state index in [9.17, 15) is 22.8 Å². The van der Waals surface area contributed by atoms with Gasteiger partial charge in [0, 0.05) is 37.3 Å². The second-order valence-electron chi connectivity index (χ2n) is 8.36. The first-order chi connectivity index (χ1) is 15.4. The Kier molecular flexibility index (Phi) is 6.48. The molecule has 2 aliphatic heterocycles. The minimum Gasteiger partial charge on any atom is -0.466 e. The standard InChI is InChI=1S/C23H28N2O6S/c1-2-31-23(28)16-10-14-25(15-11-16)32(29,30)22-19(24-12-6-3-7-13-24)20(26)17-8-4-5-9-18(17)21(22)27/h4-5,8-9,16H,2-3,6-7,10-15H2,1H3. The number of carbonyl (C=O) groups excluding carboxylic acids is 3. The largest absolute Gasteiger partial charge is 0.466 e. The molecule has 4 rings (SSSR count). The first-order valence-corrected chi connectivity index (χ1v) is 12.6. The Morgan fingerprint density at radius 1 is 0.969 bits per heavy atom. The van der Waals surface area contributed by atoms with Crippen molar-refractivity contribution in [2.24, 2.45) is 5.92 Å². The molecule has 0 radical (unpaired) electrons. The number of hydrogen-bond acceptors (Lipinski definition) is 7. The van der Waals surface area contributed by atoms with E-state index < -0.39 is 26.5 Å². The topological polar surface area (TPSA) is 101 Å². The Morgan fingerprint density at radius 2 is 1.56 bits per heavy atom. The molecule has 0 amide bonds. The molecule has 3 aliphatic rings. The van der Waals surface area contributed by atoms with Crippen LogP contribution < -0.4 is 0 Å². The van der Waals surface area contributed by atoms with Crippen LogP contribution in [0.1, 0.15) is 59.7 Å². The second-order valence-corrected chi connectivity index (χ2v) is 10.2. The van der Waals surface area contributed by atoms with Gasteiger partial charge < -0.3 is 9.64 Å². The van der Waals surface area contributed by atoms with Gasteiger partial charge in [0.1, 0.15) is 5.70 Å². The van der Waals surface area contributed by atoms with Crippen molar-refractivity contribution in [3.05, 3.63) is 46.0 Å². The van der Waals surface area contributed by atoms with Crippen LogP contribution in [0, 0.1) is 5.92 Å². The summed E-state index contributed by atoms with van der Waals surface area (Å²) in [5.41, 5.74) is 0.372. The lowest BCUT2D eigenvalue weighted by Crippen LogP contribution is -2.45. The normalized spacial score (nSPS) is 21.0. The number of ether oxygens (including phenoxy) is 1. The van der Waals surface area contributed by atoms with Crippen LogP contribution in [0.25, 0.3) is 0 Å². The average molecular weight is 461 g/mol. The number of piperidine rings is 2. The maximum absolute atomic E-state index is 13.7. The number of allylic oxidation sites excluding steroid dienone is 2. The number of carbonyl (C=O) groups is 3. The molecule has 0 N–H and O–H groups in total. The minimum atomic E-state index is -4.22. The van der Waals surface area contributed by atoms with Crippen LogP contribution in [0.5, 0.6) is 0 Å². The maximum Gasteiger partial charge on any atom is 0.309 e. The molecule has 2 heterocycles. The van der Waals surface area contributed by atoms with Crippen LogP contribution in [0.2, 0.25) is 0 Å². The van der Waals surface area contributed by atoms with Crippen molar-refractivity contribution in [3.8, 4) is 0 Å². The van der Waals surface area contributed by atoms with Gasteiger partial charge in [-0.1, -0.05) is 24.3 Å². The first-order valence-electron chi connectivity index (χ1n) is 11.2. The Bertz CT molecular complexity index is 1060. The van der Waals surface area contributed by atoms with E-state index in [4.69, 9.17) is 4.74 Å². The number of ketones is 2. The van der Waals surface area contributed by atoms with Crippen molar-refractivity contribution in [1.82, 2.24) is 9.21 Å². The zero-order valence-corrected chi connectivity index (χ0v) is 19.0. The van der Waals surface area contributed by atoms with E-state index in [0.29, 0.717) is 25.9 Å². The van der Waals surface area contributed by atoms with Crippen molar-refractivity contribution >= 4 is 27.6 Å². The van der Waals surface area contributed by atoms with Crippen molar-refractivity contribution < 1.29 is 27.5 Å². The third kappa shape index (κ3) is 3.99. The maximum atomic E-state index is 13.7. The van der Waals surface area contributed by atoms with E-state index in [1.165, 1.54) is 10.4 Å². The van der Waals surface area contributed by atoms with Gasteiger partial charge in [0.25, 0.3) is 0 Å². The van der Waals surface area contributed by atoms with Crippen molar-refractivity contribution in [3.63, 3.8) is 0 Å². The molecule has 0 aromatic heterocycles. The highest BCUT2D eigenvalue weighted by atomic mass is 32.2. The number of Topliss-reactive ketones (excluding diaryl/α,β-unsaturated/α-hetero) is 2. The number of nitrogens with zero attached hydrogens (tertiary/aromatic N) is 2. The predicted octanol–water partition coefficient (Wildman–Crippen LogP) is 2.37. The van der Waals surface area contributed by atoms with Crippen LogP contribution in [0.3, 0.4) is 0 Å². The van der Waals surface area contributed by atoms with E-state index in [0.717, 1.165) is 19.3 Å². The summed E-state index contributed by atoms with van der Waals surface area (Å²) in [6.45, 7) is 3.30. The van der Waals surface area contributed by atoms with Crippen LogP contribution in [-0.4, -0.2) is 67.9 Å². The molecule has 9 heteroatoms. The van der Waals surface area contributed by atoms with Crippen LogP contribution in [0.4, 0.5) is 0 Å². The quantitative estimate of drug-likeness (QED) is 0.622. The van der Waals surface area contributed by atoms with Crippen molar-refractivity contribution in [2.75, 3.05) is 32.8 Å². The molecule has 0 spiro atoms. The highest BCUT2D eigenvalue weighted by molar-refractivity contribution is 7.94. The molecule has 0 saturated carbocycles. The van der Waals surface area contributed by atoms with Gasteiger partial charge in [0.05, 0.1) is 12.5 Å². The fourth-order valence-electron chi connectivity index (χ4n) is 4.70. The predicted molar refractivity (Wildman–Crippen MR) is 117 cm³/mol.